The Balaban J connectivity index is 1.39. The van der Waals surface area contributed by atoms with E-state index in [0.29, 0.717) is 22.5 Å². The Labute approximate surface area is 206 Å². The second kappa shape index (κ2) is 9.63. The van der Waals surface area contributed by atoms with Gasteiger partial charge in [-0.2, -0.15) is 13.2 Å². The van der Waals surface area contributed by atoms with Gasteiger partial charge in [0.25, 0.3) is 0 Å². The summed E-state index contributed by atoms with van der Waals surface area (Å²) in [6, 6.07) is 11.3. The molecule has 0 amide bonds. The van der Waals surface area contributed by atoms with Crippen molar-refractivity contribution in [1.82, 2.24) is 24.5 Å². The van der Waals surface area contributed by atoms with E-state index in [4.69, 9.17) is 4.98 Å². The molecule has 0 spiro atoms. The molecule has 36 heavy (non-hydrogen) atoms. The van der Waals surface area contributed by atoms with Crippen LogP contribution in [0, 0.1) is 0 Å². The van der Waals surface area contributed by atoms with Crippen LogP contribution in [0.25, 0.3) is 11.2 Å². The van der Waals surface area contributed by atoms with Gasteiger partial charge in [-0.1, -0.05) is 18.2 Å². The van der Waals surface area contributed by atoms with Crippen molar-refractivity contribution in [3.63, 3.8) is 0 Å². The Kier molecular flexibility index (Phi) is 6.38. The first-order chi connectivity index (χ1) is 17.3. The van der Waals surface area contributed by atoms with Gasteiger partial charge >= 0.3 is 6.18 Å². The van der Waals surface area contributed by atoms with E-state index in [9.17, 15) is 13.2 Å². The highest BCUT2D eigenvalue weighted by Crippen LogP contribution is 2.31. The molecular formula is C25H27F3N8. The van der Waals surface area contributed by atoms with E-state index < -0.39 is 11.7 Å². The fourth-order valence-corrected chi connectivity index (χ4v) is 4.45. The third kappa shape index (κ3) is 4.77. The zero-order valence-electron chi connectivity index (χ0n) is 20.1. The molecule has 5 rings (SSSR count). The molecule has 3 aromatic heterocycles. The topological polar surface area (TPSA) is 75.0 Å². The maximum atomic E-state index is 13.1. The fraction of sp³-hybridized carbons (Fsp3) is 0.360. The summed E-state index contributed by atoms with van der Waals surface area (Å²) in [7, 11) is 0. The number of benzene rings is 1. The van der Waals surface area contributed by atoms with Gasteiger partial charge in [0.15, 0.2) is 17.0 Å². The van der Waals surface area contributed by atoms with Gasteiger partial charge < -0.3 is 15.1 Å². The highest BCUT2D eigenvalue weighted by Gasteiger charge is 2.30. The Morgan fingerprint density at radius 2 is 1.72 bits per heavy atom. The third-order valence-corrected chi connectivity index (χ3v) is 6.22. The molecule has 0 bridgehead atoms. The van der Waals surface area contributed by atoms with E-state index in [1.807, 2.05) is 18.2 Å². The summed E-state index contributed by atoms with van der Waals surface area (Å²) in [5.74, 6) is 2.26. The number of hydrogen-bond donors (Lipinski definition) is 1. The van der Waals surface area contributed by atoms with Crippen LogP contribution in [0.3, 0.4) is 0 Å². The molecule has 188 valence electrons. The molecule has 1 N–H and O–H groups in total. The monoisotopic (exact) mass is 496 g/mol. The SMILES string of the molecule is CC(C)n1c(N2CCN(c3ccccn3)CC2)nc2c(NCc3cccc(C(F)(F)F)c3)ncnc21. The number of fused-ring (bicyclic) bond motifs is 1. The smallest absolute Gasteiger partial charge is 0.364 e. The van der Waals surface area contributed by atoms with Crippen LogP contribution in [0.15, 0.2) is 55.0 Å². The van der Waals surface area contributed by atoms with Gasteiger partial charge in [-0.25, -0.2) is 19.9 Å². The predicted octanol–water partition coefficient (Wildman–Crippen LogP) is 4.76. The van der Waals surface area contributed by atoms with Crippen LogP contribution < -0.4 is 15.1 Å². The van der Waals surface area contributed by atoms with Gasteiger partial charge in [0.2, 0.25) is 5.95 Å². The van der Waals surface area contributed by atoms with Crippen molar-refractivity contribution < 1.29 is 13.2 Å². The van der Waals surface area contributed by atoms with Crippen molar-refractivity contribution >= 4 is 28.7 Å². The molecule has 0 unspecified atom stereocenters. The predicted molar refractivity (Wildman–Crippen MR) is 133 cm³/mol. The Morgan fingerprint density at radius 1 is 0.944 bits per heavy atom. The van der Waals surface area contributed by atoms with Crippen molar-refractivity contribution in [2.24, 2.45) is 0 Å². The minimum absolute atomic E-state index is 0.102. The largest absolute Gasteiger partial charge is 0.416 e. The average Bonchev–Trinajstić information content (AvgIpc) is 3.28. The summed E-state index contributed by atoms with van der Waals surface area (Å²) in [6.07, 6.45) is -1.13. The molecule has 8 nitrogen and oxygen atoms in total. The molecule has 0 atom stereocenters. The number of aromatic nitrogens is 5. The second-order valence-electron chi connectivity index (χ2n) is 8.98. The summed E-state index contributed by atoms with van der Waals surface area (Å²) < 4.78 is 41.4. The number of anilines is 3. The molecule has 11 heteroatoms. The summed E-state index contributed by atoms with van der Waals surface area (Å²) in [6.45, 7) is 7.50. The van der Waals surface area contributed by atoms with Crippen molar-refractivity contribution in [1.29, 1.82) is 0 Å². The van der Waals surface area contributed by atoms with Gasteiger partial charge in [0.1, 0.15) is 12.1 Å². The number of halogens is 3. The van der Waals surface area contributed by atoms with Crippen LogP contribution in [0.1, 0.15) is 31.0 Å². The lowest BCUT2D eigenvalue weighted by atomic mass is 10.1. The zero-order valence-corrected chi connectivity index (χ0v) is 20.1. The molecule has 1 aliphatic heterocycles. The van der Waals surface area contributed by atoms with Crippen LogP contribution in [-0.2, 0) is 12.7 Å². The lowest BCUT2D eigenvalue weighted by Gasteiger charge is -2.36. The van der Waals surface area contributed by atoms with Crippen LogP contribution in [0.4, 0.5) is 30.8 Å². The van der Waals surface area contributed by atoms with E-state index in [0.717, 1.165) is 50.1 Å². The first kappa shape index (κ1) is 23.8. The van der Waals surface area contributed by atoms with Crippen LogP contribution >= 0.6 is 0 Å². The highest BCUT2D eigenvalue weighted by molar-refractivity contribution is 5.85. The quantitative estimate of drug-likeness (QED) is 0.413. The average molecular weight is 497 g/mol. The normalized spacial score (nSPS) is 14.6. The fourth-order valence-electron chi connectivity index (χ4n) is 4.45. The highest BCUT2D eigenvalue weighted by atomic mass is 19.4. The first-order valence-electron chi connectivity index (χ1n) is 11.8. The van der Waals surface area contributed by atoms with Gasteiger partial charge in [-0.3, -0.25) is 4.57 Å². The lowest BCUT2D eigenvalue weighted by molar-refractivity contribution is -0.137. The molecular weight excluding hydrogens is 469 g/mol. The molecule has 1 aromatic carbocycles. The van der Waals surface area contributed by atoms with E-state index in [1.165, 1.54) is 12.4 Å². The third-order valence-electron chi connectivity index (χ3n) is 6.22. The van der Waals surface area contributed by atoms with Crippen molar-refractivity contribution in [2.45, 2.75) is 32.6 Å². The first-order valence-corrected chi connectivity index (χ1v) is 11.8. The van der Waals surface area contributed by atoms with Crippen LogP contribution in [0.5, 0.6) is 0 Å². The Bertz CT molecular complexity index is 1330. The number of nitrogens with zero attached hydrogens (tertiary/aromatic N) is 7. The van der Waals surface area contributed by atoms with Gasteiger partial charge in [-0.05, 0) is 43.7 Å². The number of nitrogens with one attached hydrogen (secondary N) is 1. The molecule has 1 fully saturated rings. The van der Waals surface area contributed by atoms with Gasteiger partial charge in [0, 0.05) is 45.0 Å². The molecule has 1 aliphatic rings. The standard InChI is InChI=1S/C25H27F3N8/c1-17(2)36-23-21(33-24(36)35-12-10-34(11-13-35)20-8-3-4-9-29-20)22(31-16-32-23)30-15-18-6-5-7-19(14-18)25(26,27)28/h3-9,14,16-17H,10-13,15H2,1-2H3,(H,30,31,32). The number of piperazine rings is 1. The van der Waals surface area contributed by atoms with Gasteiger partial charge in [0.05, 0.1) is 5.56 Å². The Hall–Kier alpha value is -3.89. The van der Waals surface area contributed by atoms with Crippen molar-refractivity contribution in [3.05, 3.63) is 66.1 Å². The minimum Gasteiger partial charge on any atom is -0.364 e. The number of imidazole rings is 1. The number of alkyl halides is 3. The molecule has 0 aliphatic carbocycles. The summed E-state index contributed by atoms with van der Waals surface area (Å²) in [5.41, 5.74) is 1.12. The van der Waals surface area contributed by atoms with Crippen LogP contribution in [0.2, 0.25) is 0 Å². The van der Waals surface area contributed by atoms with Gasteiger partial charge in [-0.15, -0.1) is 0 Å². The van der Waals surface area contributed by atoms with E-state index in [1.54, 1.807) is 12.3 Å². The summed E-state index contributed by atoms with van der Waals surface area (Å²) in [4.78, 5) is 22.7. The van der Waals surface area contributed by atoms with E-state index in [-0.39, 0.29) is 12.6 Å². The summed E-state index contributed by atoms with van der Waals surface area (Å²) >= 11 is 0. The number of hydrogen-bond acceptors (Lipinski definition) is 7. The second-order valence-corrected chi connectivity index (χ2v) is 8.98. The van der Waals surface area contributed by atoms with Crippen molar-refractivity contribution in [2.75, 3.05) is 41.3 Å². The minimum atomic E-state index is -4.39. The molecule has 0 radical (unpaired) electrons. The maximum Gasteiger partial charge on any atom is 0.416 e. The molecule has 1 saturated heterocycles. The van der Waals surface area contributed by atoms with E-state index >= 15 is 0 Å². The maximum absolute atomic E-state index is 13.1. The van der Waals surface area contributed by atoms with Crippen molar-refractivity contribution in [3.8, 4) is 0 Å². The lowest BCUT2D eigenvalue weighted by Crippen LogP contribution is -2.47. The molecule has 4 heterocycles. The molecule has 4 aromatic rings. The molecule has 0 saturated carbocycles. The van der Waals surface area contributed by atoms with Crippen LogP contribution in [-0.4, -0.2) is 50.7 Å². The number of rotatable bonds is 6. The van der Waals surface area contributed by atoms with E-state index in [2.05, 4.69) is 48.5 Å². The zero-order chi connectivity index (χ0) is 25.3. The Morgan fingerprint density at radius 3 is 2.42 bits per heavy atom. The summed E-state index contributed by atoms with van der Waals surface area (Å²) in [5, 5.41) is 3.16. The number of pyridine rings is 1.